The molecule has 4 amide bonds. The summed E-state index contributed by atoms with van der Waals surface area (Å²) < 4.78 is 0. The first-order valence-corrected chi connectivity index (χ1v) is 25.0. The van der Waals surface area contributed by atoms with Crippen LogP contribution in [0.25, 0.3) is 0 Å². The number of unbranched alkanes of at least 4 members (excludes halogenated alkanes) is 16. The van der Waals surface area contributed by atoms with E-state index in [1.165, 1.54) is 103 Å². The summed E-state index contributed by atoms with van der Waals surface area (Å²) in [5.74, 6) is 1.04. The number of nitrogens with one attached hydrogen (secondary N) is 1. The van der Waals surface area contributed by atoms with Gasteiger partial charge in [-0.15, -0.1) is 0 Å². The number of nitrogens with zero attached hydrogens (tertiary/aromatic N) is 3. The summed E-state index contributed by atoms with van der Waals surface area (Å²) in [5.41, 5.74) is 0.230. The molecule has 1 N–H and O–H groups in total. The molecule has 4 saturated heterocycles. The molecule has 8 nitrogen and oxygen atoms in total. The Kier molecular flexibility index (Phi) is 21.1. The SMILES string of the molecule is CCCCCCCCCCCC(C1CC(C)(C)N(C)C(C)(C)C1)N1C(=O)CCC1=O.CCCCCCCCCCCC(C1CC(C)(C)NC(C)(C)C1)N1C(=O)CCC1=O. The number of piperidine rings is 2. The van der Waals surface area contributed by atoms with Gasteiger partial charge >= 0.3 is 0 Å². The summed E-state index contributed by atoms with van der Waals surface area (Å²) in [5, 5.41) is 3.75. The number of rotatable bonds is 24. The fourth-order valence-electron chi connectivity index (χ4n) is 11.8. The van der Waals surface area contributed by atoms with E-state index >= 15 is 0 Å². The van der Waals surface area contributed by atoms with Crippen LogP contribution in [0.5, 0.6) is 0 Å². The van der Waals surface area contributed by atoms with Crippen molar-refractivity contribution in [1.82, 2.24) is 20.0 Å². The van der Waals surface area contributed by atoms with E-state index in [-0.39, 0.29) is 57.9 Å². The maximum atomic E-state index is 12.6. The zero-order valence-electron chi connectivity index (χ0n) is 40.6. The van der Waals surface area contributed by atoms with Crippen LogP contribution in [0.15, 0.2) is 0 Å². The van der Waals surface area contributed by atoms with Gasteiger partial charge in [0.2, 0.25) is 23.6 Å². The van der Waals surface area contributed by atoms with E-state index in [0.717, 1.165) is 51.4 Å². The maximum Gasteiger partial charge on any atom is 0.229 e. The zero-order chi connectivity index (χ0) is 43.9. The average Bonchev–Trinajstić information content (AvgIpc) is 3.65. The second kappa shape index (κ2) is 24.2. The molecule has 4 aliphatic heterocycles. The molecular formula is C51H94N4O4. The highest BCUT2D eigenvalue weighted by Gasteiger charge is 2.49. The fourth-order valence-corrected chi connectivity index (χ4v) is 11.8. The van der Waals surface area contributed by atoms with Crippen LogP contribution in [0.3, 0.4) is 0 Å². The molecule has 8 heteroatoms. The van der Waals surface area contributed by atoms with Crippen LogP contribution in [0.4, 0.5) is 0 Å². The van der Waals surface area contributed by atoms with E-state index in [4.69, 9.17) is 0 Å². The van der Waals surface area contributed by atoms with Crippen LogP contribution in [0.2, 0.25) is 0 Å². The quantitative estimate of drug-likeness (QED) is 0.0770. The third-order valence-corrected chi connectivity index (χ3v) is 14.7. The summed E-state index contributed by atoms with van der Waals surface area (Å²) in [6, 6.07) is 0.173. The highest BCUT2D eigenvalue weighted by molar-refractivity contribution is 6.02. The van der Waals surface area contributed by atoms with Crippen molar-refractivity contribution in [3.63, 3.8) is 0 Å². The molecule has 0 radical (unpaired) electrons. The second-order valence-corrected chi connectivity index (χ2v) is 22.1. The fraction of sp³-hybridized carbons (Fsp3) is 0.922. The summed E-state index contributed by atoms with van der Waals surface area (Å²) in [7, 11) is 2.22. The smallest absolute Gasteiger partial charge is 0.229 e. The molecule has 0 aromatic rings. The number of hydrogen-bond acceptors (Lipinski definition) is 6. The normalized spacial score (nSPS) is 23.2. The Bertz CT molecular complexity index is 1240. The van der Waals surface area contributed by atoms with E-state index in [1.54, 1.807) is 9.80 Å². The summed E-state index contributed by atoms with van der Waals surface area (Å²) in [4.78, 5) is 56.2. The van der Waals surface area contributed by atoms with Crippen molar-refractivity contribution in [2.24, 2.45) is 11.8 Å². The molecular weight excluding hydrogens is 733 g/mol. The average molecular weight is 827 g/mol. The van der Waals surface area contributed by atoms with Gasteiger partial charge in [-0.05, 0) is 113 Å². The highest BCUT2D eigenvalue weighted by atomic mass is 16.2. The molecule has 0 saturated carbocycles. The first-order valence-electron chi connectivity index (χ1n) is 25.0. The Morgan fingerprint density at radius 1 is 0.458 bits per heavy atom. The molecule has 0 aliphatic carbocycles. The monoisotopic (exact) mass is 827 g/mol. The number of carbonyl (C=O) groups excluding carboxylic acids is 4. The van der Waals surface area contributed by atoms with Gasteiger partial charge in [0.15, 0.2) is 0 Å². The van der Waals surface area contributed by atoms with Gasteiger partial charge in [-0.3, -0.25) is 33.9 Å². The number of likely N-dealkylation sites (tertiary alicyclic amines) is 3. The molecule has 342 valence electrons. The van der Waals surface area contributed by atoms with Crippen LogP contribution >= 0.6 is 0 Å². The number of carbonyl (C=O) groups is 4. The molecule has 0 aromatic heterocycles. The lowest BCUT2D eigenvalue weighted by Gasteiger charge is -2.55. The van der Waals surface area contributed by atoms with Crippen molar-refractivity contribution in [1.29, 1.82) is 0 Å². The van der Waals surface area contributed by atoms with Gasteiger partial charge in [0, 0.05) is 59.9 Å². The summed E-state index contributed by atoms with van der Waals surface area (Å²) >= 11 is 0. The molecule has 4 rings (SSSR count). The molecule has 0 aromatic carbocycles. The van der Waals surface area contributed by atoms with Crippen molar-refractivity contribution in [3.05, 3.63) is 0 Å². The van der Waals surface area contributed by atoms with Gasteiger partial charge in [0.25, 0.3) is 0 Å². The van der Waals surface area contributed by atoms with Crippen LogP contribution in [0, 0.1) is 11.8 Å². The van der Waals surface area contributed by atoms with E-state index < -0.39 is 0 Å². The Balaban J connectivity index is 0.000000316. The molecule has 0 bridgehead atoms. The lowest BCUT2D eigenvalue weighted by atomic mass is 9.70. The Labute approximate surface area is 363 Å². The molecule has 2 unspecified atom stereocenters. The molecule has 59 heavy (non-hydrogen) atoms. The highest BCUT2D eigenvalue weighted by Crippen LogP contribution is 2.44. The Morgan fingerprint density at radius 2 is 0.729 bits per heavy atom. The van der Waals surface area contributed by atoms with Crippen molar-refractivity contribution in [3.8, 4) is 0 Å². The van der Waals surface area contributed by atoms with E-state index in [9.17, 15) is 19.2 Å². The van der Waals surface area contributed by atoms with Gasteiger partial charge in [0.1, 0.15) is 0 Å². The summed E-state index contributed by atoms with van der Waals surface area (Å²) in [6.45, 7) is 22.8. The lowest BCUT2D eigenvalue weighted by molar-refractivity contribution is -0.146. The lowest BCUT2D eigenvalue weighted by Crippen LogP contribution is -2.61. The second-order valence-electron chi connectivity index (χ2n) is 22.1. The van der Waals surface area contributed by atoms with Gasteiger partial charge in [0.05, 0.1) is 0 Å². The molecule has 2 atom stereocenters. The third-order valence-electron chi connectivity index (χ3n) is 14.7. The molecule has 4 fully saturated rings. The van der Waals surface area contributed by atoms with Crippen LogP contribution < -0.4 is 5.32 Å². The predicted octanol–water partition coefficient (Wildman–Crippen LogP) is 12.3. The first kappa shape index (κ1) is 51.5. The van der Waals surface area contributed by atoms with Gasteiger partial charge in [-0.25, -0.2) is 0 Å². The summed E-state index contributed by atoms with van der Waals surface area (Å²) in [6.07, 6.45) is 31.2. The van der Waals surface area contributed by atoms with Crippen LogP contribution in [0.1, 0.15) is 249 Å². The largest absolute Gasteiger partial charge is 0.307 e. The molecule has 0 spiro atoms. The van der Waals surface area contributed by atoms with Gasteiger partial charge in [-0.1, -0.05) is 129 Å². The third kappa shape index (κ3) is 16.4. The van der Waals surface area contributed by atoms with E-state index in [1.807, 2.05) is 0 Å². The van der Waals surface area contributed by atoms with E-state index in [2.05, 4.69) is 86.5 Å². The Morgan fingerprint density at radius 3 is 1.03 bits per heavy atom. The van der Waals surface area contributed by atoms with Crippen molar-refractivity contribution in [2.45, 2.75) is 283 Å². The van der Waals surface area contributed by atoms with Crippen molar-refractivity contribution >= 4 is 23.6 Å². The maximum absolute atomic E-state index is 12.6. The predicted molar refractivity (Wildman–Crippen MR) is 246 cm³/mol. The number of imide groups is 2. The van der Waals surface area contributed by atoms with Gasteiger partial charge in [-0.2, -0.15) is 0 Å². The van der Waals surface area contributed by atoms with Crippen molar-refractivity contribution in [2.75, 3.05) is 7.05 Å². The molecule has 4 heterocycles. The Hall–Kier alpha value is -1.80. The number of hydrogen-bond donors (Lipinski definition) is 1. The standard InChI is InChI=1S/C26H48N2O2.C25H46N2O2/c1-7-8-9-10-11-12-13-14-15-16-22(28-23(29)17-18-24(28)30)21-19-25(2,3)27(6)26(4,5)20-21;1-6-7-8-9-10-11-12-13-14-15-21(27-22(28)16-17-23(27)29)20-18-24(2,3)26-25(4,5)19-20/h21-22H,7-20H2,1-6H3;20-21,26H,6-19H2,1-5H3. The minimum absolute atomic E-state index is 0.0367. The number of amides is 4. The van der Waals surface area contributed by atoms with Crippen LogP contribution in [-0.2, 0) is 19.2 Å². The first-order chi connectivity index (χ1) is 27.7. The van der Waals surface area contributed by atoms with Gasteiger partial charge < -0.3 is 5.32 Å². The zero-order valence-corrected chi connectivity index (χ0v) is 40.6. The minimum Gasteiger partial charge on any atom is -0.307 e. The van der Waals surface area contributed by atoms with Crippen molar-refractivity contribution < 1.29 is 19.2 Å². The minimum atomic E-state index is 0.0367. The topological polar surface area (TPSA) is 90.0 Å². The molecule has 4 aliphatic rings. The van der Waals surface area contributed by atoms with E-state index in [0.29, 0.717) is 37.5 Å². The van der Waals surface area contributed by atoms with Crippen LogP contribution in [-0.4, -0.2) is 79.6 Å².